The van der Waals surface area contributed by atoms with Gasteiger partial charge >= 0.3 is 0 Å². The third-order valence-corrected chi connectivity index (χ3v) is 5.55. The lowest BCUT2D eigenvalue weighted by Crippen LogP contribution is -2.51. The van der Waals surface area contributed by atoms with E-state index in [1.807, 2.05) is 38.4 Å². The van der Waals surface area contributed by atoms with Gasteiger partial charge < -0.3 is 20.1 Å². The van der Waals surface area contributed by atoms with Crippen LogP contribution < -0.4 is 15.5 Å². The molecule has 0 spiro atoms. The summed E-state index contributed by atoms with van der Waals surface area (Å²) < 4.78 is 16.5. The number of aryl methyl sites for hydroxylation is 3. The highest BCUT2D eigenvalue weighted by Crippen LogP contribution is 2.24. The summed E-state index contributed by atoms with van der Waals surface area (Å²) in [7, 11) is 0. The van der Waals surface area contributed by atoms with E-state index in [-0.39, 0.29) is 11.9 Å². The van der Waals surface area contributed by atoms with Crippen molar-refractivity contribution in [1.82, 2.24) is 20.2 Å². The largest absolute Gasteiger partial charge is 0.367 e. The summed E-state index contributed by atoms with van der Waals surface area (Å²) in [6.07, 6.45) is 8.07. The van der Waals surface area contributed by atoms with Crippen LogP contribution in [-0.4, -0.2) is 47.7 Å². The number of hydrogen-bond donors (Lipinski definition) is 2. The molecule has 2 N–H and O–H groups in total. The van der Waals surface area contributed by atoms with Crippen LogP contribution in [0.2, 0.25) is 0 Å². The summed E-state index contributed by atoms with van der Waals surface area (Å²) >= 11 is 0. The smallest absolute Gasteiger partial charge is 0.191 e. The minimum atomic E-state index is -0.144. The Balaban J connectivity index is 1.51. The second kappa shape index (κ2) is 11.0. The quantitative estimate of drug-likeness (QED) is 0.393. The van der Waals surface area contributed by atoms with Crippen LogP contribution >= 0.6 is 0 Å². The van der Waals surface area contributed by atoms with E-state index in [2.05, 4.69) is 32.0 Å². The Morgan fingerprint density at radius 2 is 2.17 bits per heavy atom. The molecule has 0 saturated carbocycles. The van der Waals surface area contributed by atoms with E-state index in [1.165, 1.54) is 0 Å². The van der Waals surface area contributed by atoms with Crippen LogP contribution in [0.25, 0.3) is 0 Å². The first kappa shape index (κ1) is 22.1. The van der Waals surface area contributed by atoms with E-state index in [9.17, 15) is 4.39 Å². The zero-order chi connectivity index (χ0) is 21.3. The Morgan fingerprint density at radius 1 is 1.30 bits per heavy atom. The molecule has 0 amide bonds. The van der Waals surface area contributed by atoms with E-state index in [1.54, 1.807) is 6.07 Å². The minimum absolute atomic E-state index is 0.144. The molecule has 1 aromatic heterocycles. The second-order valence-corrected chi connectivity index (χ2v) is 8.02. The standard InChI is InChI=1S/C23H35FN6/c1-4-25-23(27-11-5-6-13-29-15-12-26-19(29)3)28-20-8-7-14-30(17-20)22-16-18(2)9-10-21(22)24/h9-10,12,15-16,20H,4-8,11,13-14,17H2,1-3H3,(H2,25,27,28). The molecule has 1 saturated heterocycles. The van der Waals surface area contributed by atoms with Gasteiger partial charge in [0, 0.05) is 51.2 Å². The number of nitrogens with zero attached hydrogens (tertiary/aromatic N) is 4. The number of hydrogen-bond acceptors (Lipinski definition) is 3. The number of benzene rings is 1. The van der Waals surface area contributed by atoms with Crippen LogP contribution in [0.3, 0.4) is 0 Å². The van der Waals surface area contributed by atoms with Crippen LogP contribution in [0.5, 0.6) is 0 Å². The number of anilines is 1. The van der Waals surface area contributed by atoms with E-state index in [0.29, 0.717) is 5.69 Å². The lowest BCUT2D eigenvalue weighted by atomic mass is 10.0. The van der Waals surface area contributed by atoms with Crippen molar-refractivity contribution in [2.45, 2.75) is 59.0 Å². The molecule has 1 fully saturated rings. The Hall–Kier alpha value is -2.57. The van der Waals surface area contributed by atoms with E-state index in [0.717, 1.165) is 75.8 Å². The molecule has 164 valence electrons. The Kier molecular flexibility index (Phi) is 8.11. The molecule has 1 atom stereocenters. The van der Waals surface area contributed by atoms with Gasteiger partial charge in [-0.25, -0.2) is 9.37 Å². The zero-order valence-corrected chi connectivity index (χ0v) is 18.5. The van der Waals surface area contributed by atoms with E-state index >= 15 is 0 Å². The number of halogens is 1. The molecule has 0 bridgehead atoms. The van der Waals surface area contributed by atoms with Crippen molar-refractivity contribution in [3.63, 3.8) is 0 Å². The fourth-order valence-corrected chi connectivity index (χ4v) is 3.92. The van der Waals surface area contributed by atoms with E-state index in [4.69, 9.17) is 4.99 Å². The average molecular weight is 415 g/mol. The number of aromatic nitrogens is 2. The third kappa shape index (κ3) is 6.21. The molecule has 30 heavy (non-hydrogen) atoms. The van der Waals surface area contributed by atoms with Gasteiger partial charge in [0.25, 0.3) is 0 Å². The van der Waals surface area contributed by atoms with Gasteiger partial charge in [0.15, 0.2) is 5.96 Å². The first-order chi connectivity index (χ1) is 14.6. The molecule has 1 unspecified atom stereocenters. The normalized spacial score (nSPS) is 17.3. The molecule has 0 radical (unpaired) electrons. The number of aliphatic imine (C=N–C) groups is 1. The molecular weight excluding hydrogens is 379 g/mol. The SMILES string of the molecule is CCNC(=NCCCCn1ccnc1C)NC1CCCN(c2cc(C)ccc2F)C1. The molecule has 3 rings (SSSR count). The highest BCUT2D eigenvalue weighted by atomic mass is 19.1. The number of imidazole rings is 1. The Morgan fingerprint density at radius 3 is 2.93 bits per heavy atom. The monoisotopic (exact) mass is 414 g/mol. The van der Waals surface area contributed by atoms with Crippen molar-refractivity contribution < 1.29 is 4.39 Å². The maximum absolute atomic E-state index is 14.3. The van der Waals surface area contributed by atoms with Gasteiger partial charge in [-0.3, -0.25) is 4.99 Å². The van der Waals surface area contributed by atoms with Crippen LogP contribution in [0.4, 0.5) is 10.1 Å². The number of piperidine rings is 1. The van der Waals surface area contributed by atoms with Crippen LogP contribution in [0.1, 0.15) is 44.0 Å². The van der Waals surface area contributed by atoms with Gasteiger partial charge in [-0.1, -0.05) is 6.07 Å². The van der Waals surface area contributed by atoms with Crippen LogP contribution in [0, 0.1) is 19.7 Å². The molecule has 1 aliphatic heterocycles. The summed E-state index contributed by atoms with van der Waals surface area (Å²) in [6, 6.07) is 5.59. The van der Waals surface area contributed by atoms with Crippen molar-refractivity contribution in [3.05, 3.63) is 47.8 Å². The summed E-state index contributed by atoms with van der Waals surface area (Å²) in [5.74, 6) is 1.77. The number of guanidine groups is 1. The first-order valence-corrected chi connectivity index (χ1v) is 11.1. The number of rotatable bonds is 8. The fourth-order valence-electron chi connectivity index (χ4n) is 3.92. The lowest BCUT2D eigenvalue weighted by Gasteiger charge is -2.35. The number of unbranched alkanes of at least 4 members (excludes halogenated alkanes) is 1. The molecule has 2 heterocycles. The van der Waals surface area contributed by atoms with Crippen molar-refractivity contribution in [2.75, 3.05) is 31.1 Å². The van der Waals surface area contributed by atoms with Crippen molar-refractivity contribution in [1.29, 1.82) is 0 Å². The zero-order valence-electron chi connectivity index (χ0n) is 18.5. The highest BCUT2D eigenvalue weighted by molar-refractivity contribution is 5.80. The van der Waals surface area contributed by atoms with Crippen molar-refractivity contribution >= 4 is 11.6 Å². The maximum Gasteiger partial charge on any atom is 0.191 e. The third-order valence-electron chi connectivity index (χ3n) is 5.55. The van der Waals surface area contributed by atoms with Gasteiger partial charge in [0.1, 0.15) is 11.6 Å². The molecular formula is C23H35FN6. The van der Waals surface area contributed by atoms with Crippen molar-refractivity contribution in [3.8, 4) is 0 Å². The van der Waals surface area contributed by atoms with Gasteiger partial charge in [0.05, 0.1) is 5.69 Å². The molecule has 2 aromatic rings. The first-order valence-electron chi connectivity index (χ1n) is 11.1. The summed E-state index contributed by atoms with van der Waals surface area (Å²) in [5.41, 5.74) is 1.79. The molecule has 0 aliphatic carbocycles. The summed E-state index contributed by atoms with van der Waals surface area (Å²) in [5, 5.41) is 6.91. The molecule has 7 heteroatoms. The van der Waals surface area contributed by atoms with Crippen LogP contribution in [0.15, 0.2) is 35.6 Å². The van der Waals surface area contributed by atoms with Crippen LogP contribution in [-0.2, 0) is 6.54 Å². The fraction of sp³-hybridized carbons (Fsp3) is 0.565. The molecule has 1 aliphatic rings. The highest BCUT2D eigenvalue weighted by Gasteiger charge is 2.22. The van der Waals surface area contributed by atoms with Gasteiger partial charge in [-0.15, -0.1) is 0 Å². The van der Waals surface area contributed by atoms with Crippen molar-refractivity contribution in [2.24, 2.45) is 4.99 Å². The van der Waals surface area contributed by atoms with Gasteiger partial charge in [0.2, 0.25) is 0 Å². The Labute approximate surface area is 179 Å². The molecule has 6 nitrogen and oxygen atoms in total. The molecule has 1 aromatic carbocycles. The van der Waals surface area contributed by atoms with E-state index < -0.39 is 0 Å². The van der Waals surface area contributed by atoms with Gasteiger partial charge in [-0.2, -0.15) is 0 Å². The maximum atomic E-state index is 14.3. The Bertz CT molecular complexity index is 831. The lowest BCUT2D eigenvalue weighted by molar-refractivity contribution is 0.462. The van der Waals surface area contributed by atoms with Gasteiger partial charge in [-0.05, 0) is 64.2 Å². The summed E-state index contributed by atoms with van der Waals surface area (Å²) in [4.78, 5) is 11.2. The minimum Gasteiger partial charge on any atom is -0.367 e. The second-order valence-electron chi connectivity index (χ2n) is 8.02. The topological polar surface area (TPSA) is 57.5 Å². The predicted octanol–water partition coefficient (Wildman–Crippen LogP) is 3.64. The number of nitrogens with one attached hydrogen (secondary N) is 2. The summed E-state index contributed by atoms with van der Waals surface area (Å²) in [6.45, 7) is 10.4. The average Bonchev–Trinajstić information content (AvgIpc) is 3.14. The predicted molar refractivity (Wildman–Crippen MR) is 122 cm³/mol.